The maximum atomic E-state index is 13.0. The molecule has 0 aliphatic carbocycles. The zero-order chi connectivity index (χ0) is 19.3. The summed E-state index contributed by atoms with van der Waals surface area (Å²) in [7, 11) is 1.76. The van der Waals surface area contributed by atoms with Crippen LogP contribution in [0.5, 0.6) is 0 Å². The summed E-state index contributed by atoms with van der Waals surface area (Å²) in [6, 6.07) is 16.5. The second-order valence-electron chi connectivity index (χ2n) is 6.19. The van der Waals surface area contributed by atoms with Crippen molar-refractivity contribution in [3.05, 3.63) is 66.5 Å². The fourth-order valence-electron chi connectivity index (χ4n) is 2.89. The minimum absolute atomic E-state index is 0.218. The Morgan fingerprint density at radius 1 is 1.07 bits per heavy atom. The van der Waals surface area contributed by atoms with Gasteiger partial charge in [-0.3, -0.25) is 4.79 Å². The number of hydrogen-bond donors (Lipinski definition) is 1. The molecule has 0 saturated heterocycles. The van der Waals surface area contributed by atoms with E-state index in [1.54, 1.807) is 11.7 Å². The van der Waals surface area contributed by atoms with Crippen LogP contribution < -0.4 is 5.32 Å². The van der Waals surface area contributed by atoms with Crippen LogP contribution in [-0.2, 0) is 18.3 Å². The monoisotopic (exact) mass is 375 g/mol. The summed E-state index contributed by atoms with van der Waals surface area (Å²) in [5, 5.41) is 25.6. The number of benzene rings is 2. The number of carbonyl (C=O) groups is 1. The molecule has 0 aliphatic rings. The number of nitrogens with zero attached hydrogens (tertiary/aromatic N) is 8. The van der Waals surface area contributed by atoms with Crippen LogP contribution in [0.25, 0.3) is 11.4 Å². The fraction of sp³-hybridized carbons (Fsp3) is 0.167. The molecule has 4 rings (SSSR count). The van der Waals surface area contributed by atoms with E-state index in [1.807, 2.05) is 54.6 Å². The summed E-state index contributed by atoms with van der Waals surface area (Å²) in [6.45, 7) is 0. The molecule has 0 fully saturated rings. The van der Waals surface area contributed by atoms with Crippen molar-refractivity contribution in [2.45, 2.75) is 12.5 Å². The van der Waals surface area contributed by atoms with E-state index in [4.69, 9.17) is 0 Å². The molecule has 1 atom stereocenters. The summed E-state index contributed by atoms with van der Waals surface area (Å²) in [4.78, 5) is 13.0. The van der Waals surface area contributed by atoms with Crippen molar-refractivity contribution in [3.8, 4) is 11.4 Å². The van der Waals surface area contributed by atoms with Gasteiger partial charge in [0.25, 0.3) is 0 Å². The van der Waals surface area contributed by atoms with Crippen LogP contribution in [0.2, 0.25) is 0 Å². The van der Waals surface area contributed by atoms with Crippen molar-refractivity contribution in [2.24, 2.45) is 7.05 Å². The number of tetrazole rings is 2. The third-order valence-corrected chi connectivity index (χ3v) is 4.27. The van der Waals surface area contributed by atoms with Gasteiger partial charge in [-0.25, -0.2) is 9.36 Å². The summed E-state index contributed by atoms with van der Waals surface area (Å²) in [5.74, 6) is 0.391. The summed E-state index contributed by atoms with van der Waals surface area (Å²) in [6.07, 6.45) is 1.90. The number of aromatic nitrogens is 8. The van der Waals surface area contributed by atoms with Crippen LogP contribution in [0.1, 0.15) is 11.6 Å². The summed E-state index contributed by atoms with van der Waals surface area (Å²) in [5.41, 5.74) is 2.45. The Morgan fingerprint density at radius 3 is 2.64 bits per heavy atom. The molecule has 1 N–H and O–H groups in total. The first-order valence-corrected chi connectivity index (χ1v) is 8.61. The van der Waals surface area contributed by atoms with Gasteiger partial charge in [-0.15, -0.1) is 10.2 Å². The second kappa shape index (κ2) is 7.74. The lowest BCUT2D eigenvalue weighted by Gasteiger charge is -2.16. The molecule has 2 aromatic heterocycles. The quantitative estimate of drug-likeness (QED) is 0.540. The molecule has 0 saturated carbocycles. The predicted molar refractivity (Wildman–Crippen MR) is 99.9 cm³/mol. The van der Waals surface area contributed by atoms with E-state index >= 15 is 0 Å². The largest absolute Gasteiger partial charge is 0.324 e. The molecular weight excluding hydrogens is 358 g/mol. The first-order chi connectivity index (χ1) is 13.7. The van der Waals surface area contributed by atoms with Gasteiger partial charge in [0.2, 0.25) is 5.91 Å². The van der Waals surface area contributed by atoms with Gasteiger partial charge in [0.05, 0.1) is 0 Å². The van der Waals surface area contributed by atoms with Crippen molar-refractivity contribution < 1.29 is 4.79 Å². The third kappa shape index (κ3) is 3.75. The minimum atomic E-state index is -0.586. The molecule has 0 spiro atoms. The summed E-state index contributed by atoms with van der Waals surface area (Å²) >= 11 is 0. The van der Waals surface area contributed by atoms with Gasteiger partial charge in [-0.05, 0) is 38.5 Å². The number of amides is 1. The lowest BCUT2D eigenvalue weighted by atomic mass is 10.1. The molecule has 140 valence electrons. The van der Waals surface area contributed by atoms with Crippen LogP contribution in [0.3, 0.4) is 0 Å². The average molecular weight is 375 g/mol. The van der Waals surface area contributed by atoms with Crippen molar-refractivity contribution in [3.63, 3.8) is 0 Å². The van der Waals surface area contributed by atoms with E-state index in [2.05, 4.69) is 36.4 Å². The first-order valence-electron chi connectivity index (χ1n) is 8.61. The number of rotatable bonds is 6. The molecule has 2 aromatic carbocycles. The number of anilines is 1. The van der Waals surface area contributed by atoms with Gasteiger partial charge < -0.3 is 5.32 Å². The van der Waals surface area contributed by atoms with E-state index in [-0.39, 0.29) is 5.91 Å². The number of carbonyl (C=O) groups excluding carboxylic acids is 1. The molecule has 1 amide bonds. The molecule has 10 heteroatoms. The molecular formula is C18H17N9O. The molecule has 4 aromatic rings. The second-order valence-corrected chi connectivity index (χ2v) is 6.19. The highest BCUT2D eigenvalue weighted by Gasteiger charge is 2.22. The Labute approximate surface area is 160 Å². The molecule has 0 aliphatic heterocycles. The van der Waals surface area contributed by atoms with Gasteiger partial charge >= 0.3 is 0 Å². The first kappa shape index (κ1) is 17.5. The van der Waals surface area contributed by atoms with E-state index in [9.17, 15) is 4.79 Å². The third-order valence-electron chi connectivity index (χ3n) is 4.27. The normalized spacial score (nSPS) is 11.9. The van der Waals surface area contributed by atoms with E-state index in [1.165, 1.54) is 11.0 Å². The molecule has 28 heavy (non-hydrogen) atoms. The van der Waals surface area contributed by atoms with Crippen LogP contribution in [0.4, 0.5) is 5.69 Å². The number of nitrogens with one attached hydrogen (secondary N) is 1. The fourth-order valence-corrected chi connectivity index (χ4v) is 2.89. The molecule has 0 radical (unpaired) electrons. The van der Waals surface area contributed by atoms with Crippen molar-refractivity contribution in [2.75, 3.05) is 5.32 Å². The lowest BCUT2D eigenvalue weighted by molar-refractivity contribution is -0.119. The van der Waals surface area contributed by atoms with E-state index < -0.39 is 6.04 Å². The highest BCUT2D eigenvalue weighted by molar-refractivity contribution is 5.94. The van der Waals surface area contributed by atoms with Gasteiger partial charge in [0.1, 0.15) is 12.4 Å². The Balaban J connectivity index is 1.57. The highest BCUT2D eigenvalue weighted by Crippen LogP contribution is 2.21. The Morgan fingerprint density at radius 2 is 1.93 bits per heavy atom. The SMILES string of the molecule is Cn1nnnc1-c1cccc(NC(=O)C(Cc2ccccc2)n2cnnn2)c1. The Hall–Kier alpha value is -3.95. The maximum absolute atomic E-state index is 13.0. The zero-order valence-corrected chi connectivity index (χ0v) is 15.0. The molecule has 1 unspecified atom stereocenters. The van der Waals surface area contributed by atoms with E-state index in [0.29, 0.717) is 17.9 Å². The standard InChI is InChI=1S/C18H17N9O/c1-26-17(21-23-24-26)14-8-5-9-15(11-14)20-18(28)16(27-12-19-22-25-27)10-13-6-3-2-4-7-13/h2-9,11-12,16H,10H2,1H3,(H,20,28). The Kier molecular flexibility index (Phi) is 4.83. The number of aryl methyl sites for hydroxylation is 1. The Bertz CT molecular complexity index is 1060. The van der Waals surface area contributed by atoms with Gasteiger partial charge in [-0.2, -0.15) is 0 Å². The van der Waals surface area contributed by atoms with Gasteiger partial charge in [0, 0.05) is 24.7 Å². The smallest absolute Gasteiger partial charge is 0.249 e. The zero-order valence-electron chi connectivity index (χ0n) is 15.0. The van der Waals surface area contributed by atoms with Gasteiger partial charge in [0.15, 0.2) is 5.82 Å². The lowest BCUT2D eigenvalue weighted by Crippen LogP contribution is -2.28. The van der Waals surface area contributed by atoms with E-state index in [0.717, 1.165) is 11.1 Å². The highest BCUT2D eigenvalue weighted by atomic mass is 16.2. The van der Waals surface area contributed by atoms with Crippen LogP contribution in [-0.4, -0.2) is 46.3 Å². The predicted octanol–water partition coefficient (Wildman–Crippen LogP) is 1.29. The van der Waals surface area contributed by atoms with Crippen molar-refractivity contribution in [1.29, 1.82) is 0 Å². The molecule has 10 nitrogen and oxygen atoms in total. The number of hydrogen-bond acceptors (Lipinski definition) is 7. The van der Waals surface area contributed by atoms with Crippen LogP contribution >= 0.6 is 0 Å². The summed E-state index contributed by atoms with van der Waals surface area (Å²) < 4.78 is 3.03. The molecule has 2 heterocycles. The topological polar surface area (TPSA) is 116 Å². The van der Waals surface area contributed by atoms with Crippen molar-refractivity contribution >= 4 is 11.6 Å². The van der Waals surface area contributed by atoms with Crippen LogP contribution in [0, 0.1) is 0 Å². The average Bonchev–Trinajstić information content (AvgIpc) is 3.39. The molecule has 0 bridgehead atoms. The maximum Gasteiger partial charge on any atom is 0.249 e. The van der Waals surface area contributed by atoms with Gasteiger partial charge in [-0.1, -0.05) is 42.5 Å². The van der Waals surface area contributed by atoms with Crippen LogP contribution in [0.15, 0.2) is 60.9 Å². The minimum Gasteiger partial charge on any atom is -0.324 e. The van der Waals surface area contributed by atoms with Crippen molar-refractivity contribution in [1.82, 2.24) is 40.4 Å².